The highest BCUT2D eigenvalue weighted by atomic mass is 28.4. The molecule has 17 heavy (non-hydrogen) atoms. The van der Waals surface area contributed by atoms with E-state index in [2.05, 4.69) is 40.8 Å². The van der Waals surface area contributed by atoms with Gasteiger partial charge in [-0.3, -0.25) is 4.79 Å². The zero-order valence-electron chi connectivity index (χ0n) is 12.5. The lowest BCUT2D eigenvalue weighted by atomic mass is 10.1. The van der Waals surface area contributed by atoms with Gasteiger partial charge >= 0.3 is 0 Å². The van der Waals surface area contributed by atoms with Gasteiger partial charge in [0.05, 0.1) is 0 Å². The maximum absolute atomic E-state index is 10.5. The number of aldehydes is 1. The number of carbonyl (C=O) groups excluding carboxylic acids is 1. The summed E-state index contributed by atoms with van der Waals surface area (Å²) in [6, 6.07) is 0. The van der Waals surface area contributed by atoms with E-state index in [-0.39, 0.29) is 5.04 Å². The highest BCUT2D eigenvalue weighted by molar-refractivity contribution is 6.74. The van der Waals surface area contributed by atoms with Crippen LogP contribution >= 0.6 is 0 Å². The predicted octanol–water partition coefficient (Wildman–Crippen LogP) is 4.18. The Morgan fingerprint density at radius 2 is 1.88 bits per heavy atom. The van der Waals surface area contributed by atoms with Crippen molar-refractivity contribution in [1.29, 1.82) is 0 Å². The van der Waals surface area contributed by atoms with Crippen molar-refractivity contribution in [3.63, 3.8) is 0 Å². The molecule has 0 amide bonds. The average Bonchev–Trinajstić information content (AvgIpc) is 2.15. The zero-order valence-corrected chi connectivity index (χ0v) is 13.5. The minimum absolute atomic E-state index is 0.269. The topological polar surface area (TPSA) is 26.3 Å². The van der Waals surface area contributed by atoms with Crippen LogP contribution in [0.5, 0.6) is 0 Å². The second-order valence-corrected chi connectivity index (χ2v) is 11.2. The zero-order chi connectivity index (χ0) is 13.7. The first-order chi connectivity index (χ1) is 7.60. The third-order valence-corrected chi connectivity index (χ3v) is 8.11. The van der Waals surface area contributed by atoms with Crippen LogP contribution in [0.2, 0.25) is 18.1 Å². The summed E-state index contributed by atoms with van der Waals surface area (Å²) < 4.78 is 6.10. The highest BCUT2D eigenvalue weighted by Gasteiger charge is 2.36. The SMILES string of the molecule is C/C(C=O)=C\[C@H](C)CCO[Si](C)(C)C(C)(C)C. The van der Waals surface area contributed by atoms with E-state index >= 15 is 0 Å². The van der Waals surface area contributed by atoms with Crippen LogP contribution in [0, 0.1) is 5.92 Å². The van der Waals surface area contributed by atoms with Crippen molar-refractivity contribution in [3.8, 4) is 0 Å². The lowest BCUT2D eigenvalue weighted by molar-refractivity contribution is -0.104. The molecule has 1 atom stereocenters. The van der Waals surface area contributed by atoms with Crippen LogP contribution in [0.25, 0.3) is 0 Å². The van der Waals surface area contributed by atoms with Crippen LogP contribution in [-0.4, -0.2) is 21.2 Å². The Balaban J connectivity index is 4.12. The molecule has 0 aliphatic rings. The average molecular weight is 256 g/mol. The summed E-state index contributed by atoms with van der Waals surface area (Å²) in [7, 11) is -1.61. The Bertz CT molecular complexity index is 274. The molecular weight excluding hydrogens is 228 g/mol. The molecule has 0 aromatic carbocycles. The largest absolute Gasteiger partial charge is 0.417 e. The molecule has 100 valence electrons. The van der Waals surface area contributed by atoms with Gasteiger partial charge in [-0.25, -0.2) is 0 Å². The molecular formula is C14H28O2Si. The monoisotopic (exact) mass is 256 g/mol. The first kappa shape index (κ1) is 16.6. The van der Waals surface area contributed by atoms with E-state index < -0.39 is 8.32 Å². The Kier molecular flexibility index (Phi) is 6.34. The minimum Gasteiger partial charge on any atom is -0.417 e. The van der Waals surface area contributed by atoms with E-state index in [1.807, 2.05) is 13.0 Å². The molecule has 0 spiro atoms. The molecule has 2 nitrogen and oxygen atoms in total. The fraction of sp³-hybridized carbons (Fsp3) is 0.786. The van der Waals surface area contributed by atoms with Crippen molar-refractivity contribution >= 4 is 14.6 Å². The molecule has 0 bridgehead atoms. The Labute approximate surface area is 108 Å². The summed E-state index contributed by atoms with van der Waals surface area (Å²) in [5.41, 5.74) is 0.810. The fourth-order valence-corrected chi connectivity index (χ4v) is 2.35. The summed E-state index contributed by atoms with van der Waals surface area (Å²) in [5.74, 6) is 0.407. The molecule has 0 heterocycles. The normalized spacial score (nSPS) is 15.8. The van der Waals surface area contributed by atoms with Crippen molar-refractivity contribution in [2.45, 2.75) is 59.2 Å². The molecule has 0 aromatic heterocycles. The Hall–Kier alpha value is -0.413. The summed E-state index contributed by atoms with van der Waals surface area (Å²) in [6.45, 7) is 16.0. The van der Waals surface area contributed by atoms with E-state index in [4.69, 9.17) is 4.43 Å². The minimum atomic E-state index is -1.61. The van der Waals surface area contributed by atoms with Crippen molar-refractivity contribution in [3.05, 3.63) is 11.6 Å². The quantitative estimate of drug-likeness (QED) is 0.405. The molecule has 0 aliphatic heterocycles. The van der Waals surface area contributed by atoms with Gasteiger partial charge in [0, 0.05) is 6.61 Å². The van der Waals surface area contributed by atoms with Gasteiger partial charge < -0.3 is 4.43 Å². The third-order valence-electron chi connectivity index (χ3n) is 3.58. The maximum Gasteiger partial charge on any atom is 0.191 e. The van der Waals surface area contributed by atoms with Crippen LogP contribution in [0.1, 0.15) is 41.0 Å². The van der Waals surface area contributed by atoms with Gasteiger partial charge in [0.15, 0.2) is 8.32 Å². The molecule has 0 rings (SSSR count). The molecule has 0 aromatic rings. The van der Waals surface area contributed by atoms with Gasteiger partial charge in [0.2, 0.25) is 0 Å². The molecule has 0 N–H and O–H groups in total. The standard InChI is InChI=1S/C14H28O2Si/c1-12(10-13(2)11-15)8-9-16-17(6,7)14(3,4)5/h10-12H,8-9H2,1-7H3/b13-10+/t12-/m1/s1. The molecule has 0 saturated heterocycles. The van der Waals surface area contributed by atoms with Crippen molar-refractivity contribution < 1.29 is 9.22 Å². The lowest BCUT2D eigenvalue weighted by Gasteiger charge is -2.36. The second kappa shape index (κ2) is 6.50. The van der Waals surface area contributed by atoms with E-state index in [1.54, 1.807) is 0 Å². The second-order valence-electron chi connectivity index (χ2n) is 6.40. The van der Waals surface area contributed by atoms with Gasteiger partial charge in [-0.1, -0.05) is 33.8 Å². The van der Waals surface area contributed by atoms with Crippen molar-refractivity contribution in [1.82, 2.24) is 0 Å². The van der Waals surface area contributed by atoms with Crippen LogP contribution in [-0.2, 0) is 9.22 Å². The number of allylic oxidation sites excluding steroid dienone is 2. The van der Waals surface area contributed by atoms with E-state index in [0.717, 1.165) is 24.9 Å². The molecule has 0 fully saturated rings. The predicted molar refractivity (Wildman–Crippen MR) is 76.8 cm³/mol. The molecule has 0 radical (unpaired) electrons. The maximum atomic E-state index is 10.5. The van der Waals surface area contributed by atoms with Crippen LogP contribution in [0.15, 0.2) is 11.6 Å². The highest BCUT2D eigenvalue weighted by Crippen LogP contribution is 2.36. The Morgan fingerprint density at radius 1 is 1.35 bits per heavy atom. The van der Waals surface area contributed by atoms with E-state index in [9.17, 15) is 4.79 Å². The summed E-state index contributed by atoms with van der Waals surface area (Å²) in [6.07, 6.45) is 3.91. The van der Waals surface area contributed by atoms with Crippen molar-refractivity contribution in [2.75, 3.05) is 6.61 Å². The lowest BCUT2D eigenvalue weighted by Crippen LogP contribution is -2.41. The van der Waals surface area contributed by atoms with E-state index in [1.165, 1.54) is 0 Å². The summed E-state index contributed by atoms with van der Waals surface area (Å²) in [5, 5.41) is 0.269. The van der Waals surface area contributed by atoms with Gasteiger partial charge in [0.1, 0.15) is 6.29 Å². The number of rotatable bonds is 6. The molecule has 0 aliphatic carbocycles. The summed E-state index contributed by atoms with van der Waals surface area (Å²) >= 11 is 0. The first-order valence-electron chi connectivity index (χ1n) is 6.37. The van der Waals surface area contributed by atoms with E-state index in [0.29, 0.717) is 5.92 Å². The third kappa shape index (κ3) is 6.17. The van der Waals surface area contributed by atoms with Crippen LogP contribution < -0.4 is 0 Å². The Morgan fingerprint density at radius 3 is 2.29 bits per heavy atom. The van der Waals surface area contributed by atoms with Gasteiger partial charge in [-0.05, 0) is 43.0 Å². The van der Waals surface area contributed by atoms with Gasteiger partial charge in [-0.2, -0.15) is 0 Å². The number of hydrogen-bond acceptors (Lipinski definition) is 2. The van der Waals surface area contributed by atoms with Crippen LogP contribution in [0.4, 0.5) is 0 Å². The number of hydrogen-bond donors (Lipinski definition) is 0. The molecule has 3 heteroatoms. The van der Waals surface area contributed by atoms with Crippen molar-refractivity contribution in [2.24, 2.45) is 5.92 Å². The van der Waals surface area contributed by atoms with Gasteiger partial charge in [0.25, 0.3) is 0 Å². The molecule has 0 unspecified atom stereocenters. The van der Waals surface area contributed by atoms with Gasteiger partial charge in [-0.15, -0.1) is 0 Å². The summed E-state index contributed by atoms with van der Waals surface area (Å²) in [4.78, 5) is 10.5. The molecule has 0 saturated carbocycles. The first-order valence-corrected chi connectivity index (χ1v) is 9.28. The van der Waals surface area contributed by atoms with Crippen LogP contribution in [0.3, 0.4) is 0 Å². The smallest absolute Gasteiger partial charge is 0.191 e. The number of carbonyl (C=O) groups is 1. The fourth-order valence-electron chi connectivity index (χ4n) is 1.29.